The molecule has 1 aliphatic heterocycles. The van der Waals surface area contributed by atoms with Crippen LogP contribution in [0.5, 0.6) is 0 Å². The molecule has 1 atom stereocenters. The minimum atomic E-state index is -0.135. The van der Waals surface area contributed by atoms with Crippen LogP contribution in [-0.4, -0.2) is 29.1 Å². The number of aliphatic hydroxyl groups excluding tert-OH is 1. The molecule has 3 nitrogen and oxygen atoms in total. The van der Waals surface area contributed by atoms with Crippen LogP contribution in [0.25, 0.3) is 0 Å². The molecule has 3 heteroatoms. The lowest BCUT2D eigenvalue weighted by atomic mass is 10.0. The van der Waals surface area contributed by atoms with E-state index in [-0.39, 0.29) is 18.6 Å². The second-order valence-electron chi connectivity index (χ2n) is 4.45. The van der Waals surface area contributed by atoms with Crippen molar-refractivity contribution in [3.05, 3.63) is 35.4 Å². The molecule has 1 unspecified atom stereocenters. The first-order valence-corrected chi connectivity index (χ1v) is 6.21. The van der Waals surface area contributed by atoms with Gasteiger partial charge in [0.2, 0.25) is 5.91 Å². The number of benzene rings is 1. The molecule has 1 fully saturated rings. The third-order valence-corrected chi connectivity index (χ3v) is 3.26. The van der Waals surface area contributed by atoms with Crippen molar-refractivity contribution < 1.29 is 9.90 Å². The van der Waals surface area contributed by atoms with E-state index in [0.717, 1.165) is 24.1 Å². The first-order chi connectivity index (χ1) is 8.72. The summed E-state index contributed by atoms with van der Waals surface area (Å²) in [7, 11) is 0. The van der Waals surface area contributed by atoms with Crippen LogP contribution in [0.4, 0.5) is 0 Å². The summed E-state index contributed by atoms with van der Waals surface area (Å²) >= 11 is 0. The molecule has 0 saturated carbocycles. The third-order valence-electron chi connectivity index (χ3n) is 3.26. The van der Waals surface area contributed by atoms with Crippen molar-refractivity contribution >= 4 is 5.91 Å². The number of aliphatic hydroxyl groups is 1. The molecular weight excluding hydrogens is 226 g/mol. The molecule has 1 aromatic carbocycles. The molecule has 0 radical (unpaired) electrons. The van der Waals surface area contributed by atoms with Crippen LogP contribution in [0.1, 0.15) is 36.9 Å². The first-order valence-electron chi connectivity index (χ1n) is 6.21. The van der Waals surface area contributed by atoms with E-state index in [4.69, 9.17) is 5.11 Å². The Hall–Kier alpha value is -1.79. The number of hydrogen-bond acceptors (Lipinski definition) is 2. The molecule has 1 saturated heterocycles. The van der Waals surface area contributed by atoms with Gasteiger partial charge in [-0.1, -0.05) is 24.0 Å². The van der Waals surface area contributed by atoms with E-state index in [1.54, 1.807) is 0 Å². The molecule has 0 aliphatic carbocycles. The summed E-state index contributed by atoms with van der Waals surface area (Å²) in [5.74, 6) is 5.75. The summed E-state index contributed by atoms with van der Waals surface area (Å²) in [4.78, 5) is 13.6. The summed E-state index contributed by atoms with van der Waals surface area (Å²) in [5, 5.41) is 8.69. The molecule has 1 aliphatic rings. The fraction of sp³-hybridized carbons (Fsp3) is 0.400. The molecule has 2 rings (SSSR count). The maximum atomic E-state index is 11.7. The number of carbonyl (C=O) groups excluding carboxylic acids is 1. The molecule has 18 heavy (non-hydrogen) atoms. The summed E-state index contributed by atoms with van der Waals surface area (Å²) in [6, 6.07) is 7.94. The van der Waals surface area contributed by atoms with Crippen molar-refractivity contribution in [1.29, 1.82) is 0 Å². The quantitative estimate of drug-likeness (QED) is 0.803. The Labute approximate surface area is 107 Å². The molecule has 1 N–H and O–H groups in total. The second-order valence-corrected chi connectivity index (χ2v) is 4.45. The summed E-state index contributed by atoms with van der Waals surface area (Å²) in [6.07, 6.45) is 1.61. The van der Waals surface area contributed by atoms with E-state index in [9.17, 15) is 4.79 Å². The Bertz CT molecular complexity index is 499. The molecule has 94 valence electrons. The molecule has 1 amide bonds. The average Bonchev–Trinajstić information content (AvgIpc) is 2.82. The summed E-state index contributed by atoms with van der Waals surface area (Å²) < 4.78 is 0. The van der Waals surface area contributed by atoms with Crippen molar-refractivity contribution in [2.75, 3.05) is 13.2 Å². The van der Waals surface area contributed by atoms with E-state index in [2.05, 4.69) is 11.8 Å². The number of rotatable bonds is 2. The number of nitrogens with zero attached hydrogens (tertiary/aromatic N) is 1. The van der Waals surface area contributed by atoms with Gasteiger partial charge < -0.3 is 10.0 Å². The lowest BCUT2D eigenvalue weighted by Gasteiger charge is -2.24. The summed E-state index contributed by atoms with van der Waals surface area (Å²) in [6.45, 7) is 2.75. The van der Waals surface area contributed by atoms with Crippen LogP contribution in [0.2, 0.25) is 0 Å². The lowest BCUT2D eigenvalue weighted by Crippen LogP contribution is -2.27. The van der Waals surface area contributed by atoms with Crippen LogP contribution < -0.4 is 0 Å². The van der Waals surface area contributed by atoms with Crippen molar-refractivity contribution in [3.8, 4) is 11.8 Å². The third kappa shape index (κ3) is 2.72. The molecule has 0 aromatic heterocycles. The van der Waals surface area contributed by atoms with E-state index in [0.29, 0.717) is 6.42 Å². The fourth-order valence-corrected chi connectivity index (χ4v) is 2.28. The van der Waals surface area contributed by atoms with Gasteiger partial charge in [-0.05, 0) is 31.0 Å². The predicted octanol–water partition coefficient (Wildman–Crippen LogP) is 1.71. The number of likely N-dealkylation sites (tertiary alicyclic amines) is 1. The van der Waals surface area contributed by atoms with Crippen molar-refractivity contribution in [2.24, 2.45) is 0 Å². The van der Waals surface area contributed by atoms with Crippen LogP contribution in [0.15, 0.2) is 24.3 Å². The van der Waals surface area contributed by atoms with Gasteiger partial charge in [-0.3, -0.25) is 4.79 Å². The van der Waals surface area contributed by atoms with Gasteiger partial charge in [-0.2, -0.15) is 0 Å². The van der Waals surface area contributed by atoms with Gasteiger partial charge in [0.1, 0.15) is 6.61 Å². The van der Waals surface area contributed by atoms with Gasteiger partial charge in [-0.25, -0.2) is 0 Å². The Kier molecular flexibility index (Phi) is 4.01. The Balaban J connectivity index is 2.19. The first kappa shape index (κ1) is 12.7. The minimum Gasteiger partial charge on any atom is -0.384 e. The molecule has 1 aromatic rings. The number of amides is 1. The van der Waals surface area contributed by atoms with Crippen LogP contribution in [0, 0.1) is 11.8 Å². The van der Waals surface area contributed by atoms with Crippen LogP contribution in [-0.2, 0) is 4.79 Å². The zero-order valence-electron chi connectivity index (χ0n) is 10.5. The smallest absolute Gasteiger partial charge is 0.223 e. The van der Waals surface area contributed by atoms with E-state index in [1.165, 1.54) is 0 Å². The number of hydrogen-bond donors (Lipinski definition) is 1. The van der Waals surface area contributed by atoms with Gasteiger partial charge in [0.15, 0.2) is 0 Å². The predicted molar refractivity (Wildman–Crippen MR) is 69.8 cm³/mol. The van der Waals surface area contributed by atoms with Gasteiger partial charge in [0, 0.05) is 18.5 Å². The standard InChI is InChI=1S/C15H17NO2/c1-12(16-9-3-8-15(16)18)14-7-2-5-13(11-14)6-4-10-17/h2,5,7,11-12,17H,3,8-10H2,1H3. The highest BCUT2D eigenvalue weighted by Gasteiger charge is 2.25. The van der Waals surface area contributed by atoms with E-state index in [1.807, 2.05) is 36.1 Å². The highest BCUT2D eigenvalue weighted by molar-refractivity contribution is 5.78. The molecule has 1 heterocycles. The van der Waals surface area contributed by atoms with Gasteiger partial charge >= 0.3 is 0 Å². The zero-order valence-corrected chi connectivity index (χ0v) is 10.5. The highest BCUT2D eigenvalue weighted by atomic mass is 16.2. The van der Waals surface area contributed by atoms with Gasteiger partial charge in [0.25, 0.3) is 0 Å². The normalized spacial score (nSPS) is 16.3. The van der Waals surface area contributed by atoms with Gasteiger partial charge in [0.05, 0.1) is 6.04 Å². The Morgan fingerprint density at radius 2 is 2.33 bits per heavy atom. The second kappa shape index (κ2) is 5.70. The topological polar surface area (TPSA) is 40.5 Å². The fourth-order valence-electron chi connectivity index (χ4n) is 2.28. The maximum absolute atomic E-state index is 11.7. The van der Waals surface area contributed by atoms with Crippen LogP contribution >= 0.6 is 0 Å². The molecule has 0 spiro atoms. The van der Waals surface area contributed by atoms with Crippen molar-refractivity contribution in [3.63, 3.8) is 0 Å². The largest absolute Gasteiger partial charge is 0.384 e. The zero-order chi connectivity index (χ0) is 13.0. The van der Waals surface area contributed by atoms with E-state index >= 15 is 0 Å². The Morgan fingerprint density at radius 1 is 1.50 bits per heavy atom. The lowest BCUT2D eigenvalue weighted by molar-refractivity contribution is -0.129. The van der Waals surface area contributed by atoms with Crippen molar-refractivity contribution in [2.45, 2.75) is 25.8 Å². The van der Waals surface area contributed by atoms with Gasteiger partial charge in [-0.15, -0.1) is 0 Å². The molecular formula is C15H17NO2. The monoisotopic (exact) mass is 243 g/mol. The summed E-state index contributed by atoms with van der Waals surface area (Å²) in [5.41, 5.74) is 1.97. The van der Waals surface area contributed by atoms with E-state index < -0.39 is 0 Å². The van der Waals surface area contributed by atoms with Crippen LogP contribution in [0.3, 0.4) is 0 Å². The SMILES string of the molecule is CC(c1cccc(C#CCO)c1)N1CCCC1=O. The Morgan fingerprint density at radius 3 is 3.00 bits per heavy atom. The highest BCUT2D eigenvalue weighted by Crippen LogP contribution is 2.25. The minimum absolute atomic E-state index is 0.0934. The van der Waals surface area contributed by atoms with Crippen molar-refractivity contribution in [1.82, 2.24) is 4.90 Å². The average molecular weight is 243 g/mol. The number of carbonyl (C=O) groups is 1. The molecule has 0 bridgehead atoms. The maximum Gasteiger partial charge on any atom is 0.223 e.